The Hall–Kier alpha value is -4.10. The number of hydrogen-bond acceptors (Lipinski definition) is 1. The molecule has 0 radical (unpaired) electrons. The number of aryl methyl sites for hydroxylation is 1. The lowest BCUT2D eigenvalue weighted by atomic mass is 9.68. The highest BCUT2D eigenvalue weighted by atomic mass is 16.3. The Morgan fingerprint density at radius 1 is 0.667 bits per heavy atom. The molecule has 1 heterocycles. The highest BCUT2D eigenvalue weighted by molar-refractivity contribution is 6.12. The van der Waals surface area contributed by atoms with E-state index in [1.165, 1.54) is 44.5 Å². The molecule has 1 heteroatoms. The van der Waals surface area contributed by atoms with Gasteiger partial charge in [-0.15, -0.1) is 0 Å². The topological polar surface area (TPSA) is 13.1 Å². The zero-order valence-corrected chi connectivity index (χ0v) is 18.4. The van der Waals surface area contributed by atoms with Crippen LogP contribution in [0.2, 0.25) is 0 Å². The fourth-order valence-electron chi connectivity index (χ4n) is 6.23. The van der Waals surface area contributed by atoms with Gasteiger partial charge in [-0.2, -0.15) is 0 Å². The number of allylic oxidation sites excluding steroid dienone is 3. The van der Waals surface area contributed by atoms with Gasteiger partial charge >= 0.3 is 0 Å². The average molecular weight is 423 g/mol. The second-order valence-corrected chi connectivity index (χ2v) is 8.93. The largest absolute Gasteiger partial charge is 0.456 e. The maximum Gasteiger partial charge on any atom is 0.136 e. The second kappa shape index (κ2) is 6.46. The van der Waals surface area contributed by atoms with Gasteiger partial charge in [-0.05, 0) is 51.9 Å². The molecule has 1 aromatic heterocycles. The van der Waals surface area contributed by atoms with E-state index in [1.807, 2.05) is 12.1 Å². The summed E-state index contributed by atoms with van der Waals surface area (Å²) in [6.07, 6.45) is 2.01. The van der Waals surface area contributed by atoms with E-state index in [2.05, 4.69) is 104 Å². The predicted molar refractivity (Wildman–Crippen MR) is 136 cm³/mol. The molecule has 0 atom stereocenters. The number of furan rings is 1. The summed E-state index contributed by atoms with van der Waals surface area (Å²) in [5, 5.41) is 1.16. The minimum absolute atomic E-state index is 0.439. The van der Waals surface area contributed by atoms with Gasteiger partial charge in [0.1, 0.15) is 11.3 Å². The van der Waals surface area contributed by atoms with E-state index in [0.717, 1.165) is 22.3 Å². The van der Waals surface area contributed by atoms with Gasteiger partial charge in [-0.25, -0.2) is 0 Å². The van der Waals surface area contributed by atoms with E-state index < -0.39 is 5.41 Å². The van der Waals surface area contributed by atoms with Crippen LogP contribution in [-0.4, -0.2) is 0 Å². The molecule has 5 aromatic rings. The molecular weight excluding hydrogens is 400 g/mol. The van der Waals surface area contributed by atoms with Crippen LogP contribution in [0.25, 0.3) is 33.2 Å². The van der Waals surface area contributed by atoms with Crippen LogP contribution < -0.4 is 0 Å². The van der Waals surface area contributed by atoms with Crippen molar-refractivity contribution in [2.75, 3.05) is 0 Å². The van der Waals surface area contributed by atoms with E-state index >= 15 is 0 Å². The molecule has 7 rings (SSSR count). The van der Waals surface area contributed by atoms with Crippen LogP contribution in [0.15, 0.2) is 114 Å². The Bertz CT molecular complexity index is 1600. The molecule has 0 aliphatic heterocycles. The van der Waals surface area contributed by atoms with Gasteiger partial charge in [0.2, 0.25) is 0 Å². The summed E-state index contributed by atoms with van der Waals surface area (Å²) < 4.78 is 6.66. The first-order chi connectivity index (χ1) is 16.3. The van der Waals surface area contributed by atoms with Crippen molar-refractivity contribution in [3.8, 4) is 11.1 Å². The normalized spacial score (nSPS) is 15.1. The van der Waals surface area contributed by atoms with Crippen LogP contribution in [-0.2, 0) is 5.41 Å². The van der Waals surface area contributed by atoms with Crippen molar-refractivity contribution >= 4 is 22.1 Å². The van der Waals surface area contributed by atoms with Crippen molar-refractivity contribution in [3.05, 3.63) is 143 Å². The highest BCUT2D eigenvalue weighted by Crippen LogP contribution is 2.65. The molecule has 0 bridgehead atoms. The van der Waals surface area contributed by atoms with Crippen molar-refractivity contribution in [3.63, 3.8) is 0 Å². The zero-order valence-electron chi connectivity index (χ0n) is 18.4. The van der Waals surface area contributed by atoms with Gasteiger partial charge < -0.3 is 4.42 Å². The van der Waals surface area contributed by atoms with Crippen molar-refractivity contribution in [1.82, 2.24) is 0 Å². The molecule has 2 aliphatic carbocycles. The number of fused-ring (bicyclic) bond motifs is 8. The van der Waals surface area contributed by atoms with Gasteiger partial charge in [-0.3, -0.25) is 0 Å². The molecule has 1 spiro atoms. The molecule has 0 unspecified atom stereocenters. The monoisotopic (exact) mass is 422 g/mol. The molecule has 33 heavy (non-hydrogen) atoms. The van der Waals surface area contributed by atoms with Crippen molar-refractivity contribution < 1.29 is 4.42 Å². The Morgan fingerprint density at radius 3 is 1.79 bits per heavy atom. The third kappa shape index (κ3) is 2.12. The van der Waals surface area contributed by atoms with E-state index in [1.54, 1.807) is 0 Å². The van der Waals surface area contributed by atoms with E-state index in [0.29, 0.717) is 0 Å². The Morgan fingerprint density at radius 2 is 1.18 bits per heavy atom. The third-order valence-electron chi connectivity index (χ3n) is 7.49. The smallest absolute Gasteiger partial charge is 0.136 e. The summed E-state index contributed by atoms with van der Waals surface area (Å²) >= 11 is 0. The quantitative estimate of drug-likeness (QED) is 0.280. The number of rotatable bonds is 2. The second-order valence-electron chi connectivity index (χ2n) is 8.93. The Kier molecular flexibility index (Phi) is 3.62. The predicted octanol–water partition coefficient (Wildman–Crippen LogP) is 8.17. The maximum atomic E-state index is 6.66. The van der Waals surface area contributed by atoms with Gasteiger partial charge in [0.15, 0.2) is 0 Å². The summed E-state index contributed by atoms with van der Waals surface area (Å²) in [4.78, 5) is 0. The summed E-state index contributed by atoms with van der Waals surface area (Å²) in [5.74, 6) is 0.953. The van der Waals surface area contributed by atoms with Crippen LogP contribution in [0, 0.1) is 6.92 Å². The van der Waals surface area contributed by atoms with Crippen LogP contribution in [0.4, 0.5) is 0 Å². The summed E-state index contributed by atoms with van der Waals surface area (Å²) in [5.41, 5.74) is 11.7. The fraction of sp³-hybridized carbons (Fsp3) is 0.0625. The zero-order chi connectivity index (χ0) is 22.2. The number of benzene rings is 4. The molecule has 0 saturated heterocycles. The SMILES string of the molecule is C=CC1=C(c2oc3ccccc3c2C)C2(c3ccccc31)c1ccccc1-c1ccccc12. The van der Waals surface area contributed by atoms with Gasteiger partial charge in [0, 0.05) is 16.5 Å². The highest BCUT2D eigenvalue weighted by Gasteiger charge is 2.54. The van der Waals surface area contributed by atoms with Crippen LogP contribution in [0.5, 0.6) is 0 Å². The standard InChI is InChI=1S/C32H22O/c1-3-21-23-13-4-8-16-26(23)32(30(21)31-20(2)22-12-7-11-19-29(22)33-31)27-17-9-5-14-24(27)25-15-6-10-18-28(25)32/h3-19H,1H2,2H3. The van der Waals surface area contributed by atoms with Gasteiger partial charge in [-0.1, -0.05) is 104 Å². The number of hydrogen-bond donors (Lipinski definition) is 0. The van der Waals surface area contributed by atoms with Crippen LogP contribution in [0.1, 0.15) is 33.6 Å². The van der Waals surface area contributed by atoms with Gasteiger partial charge in [0.05, 0.1) is 5.41 Å². The molecular formula is C32H22O. The lowest BCUT2D eigenvalue weighted by Crippen LogP contribution is -2.26. The van der Waals surface area contributed by atoms with Crippen LogP contribution in [0.3, 0.4) is 0 Å². The molecule has 0 saturated carbocycles. The van der Waals surface area contributed by atoms with E-state index in [9.17, 15) is 0 Å². The Labute approximate surface area is 193 Å². The first-order valence-corrected chi connectivity index (χ1v) is 11.4. The molecule has 0 amide bonds. The lowest BCUT2D eigenvalue weighted by Gasteiger charge is -2.32. The van der Waals surface area contributed by atoms with E-state index in [4.69, 9.17) is 4.42 Å². The fourth-order valence-corrected chi connectivity index (χ4v) is 6.23. The van der Waals surface area contributed by atoms with Crippen molar-refractivity contribution in [2.24, 2.45) is 0 Å². The molecule has 2 aliphatic rings. The van der Waals surface area contributed by atoms with Gasteiger partial charge in [0.25, 0.3) is 0 Å². The molecule has 4 aromatic carbocycles. The summed E-state index contributed by atoms with van der Waals surface area (Å²) in [6.45, 7) is 6.45. The molecule has 0 N–H and O–H groups in total. The third-order valence-corrected chi connectivity index (χ3v) is 7.49. The Balaban J connectivity index is 1.71. The summed E-state index contributed by atoms with van der Waals surface area (Å²) in [6, 6.07) is 34.8. The average Bonchev–Trinajstić information content (AvgIpc) is 3.47. The maximum absolute atomic E-state index is 6.66. The minimum Gasteiger partial charge on any atom is -0.456 e. The van der Waals surface area contributed by atoms with Crippen LogP contribution >= 0.6 is 0 Å². The van der Waals surface area contributed by atoms with Crippen molar-refractivity contribution in [1.29, 1.82) is 0 Å². The summed E-state index contributed by atoms with van der Waals surface area (Å²) in [7, 11) is 0. The first-order valence-electron chi connectivity index (χ1n) is 11.4. The van der Waals surface area contributed by atoms with E-state index in [-0.39, 0.29) is 0 Å². The van der Waals surface area contributed by atoms with Crippen molar-refractivity contribution in [2.45, 2.75) is 12.3 Å². The first kappa shape index (κ1) is 18.5. The number of para-hydroxylation sites is 1. The minimum atomic E-state index is -0.439. The molecule has 0 fully saturated rings. The lowest BCUT2D eigenvalue weighted by molar-refractivity contribution is 0.586. The molecule has 1 nitrogen and oxygen atoms in total. The molecule has 156 valence electrons.